The minimum absolute atomic E-state index is 0.0526. The molecule has 0 saturated carbocycles. The minimum atomic E-state index is -0.603. The molecule has 29 heavy (non-hydrogen) atoms. The Labute approximate surface area is 168 Å². The van der Waals surface area contributed by atoms with E-state index in [1.54, 1.807) is 12.1 Å². The third-order valence-corrected chi connectivity index (χ3v) is 4.66. The smallest absolute Gasteiger partial charge is 0.352 e. The monoisotopic (exact) mass is 410 g/mol. The quantitative estimate of drug-likeness (QED) is 0.457. The van der Waals surface area contributed by atoms with Crippen LogP contribution >= 0.6 is 11.5 Å². The average Bonchev–Trinajstić information content (AvgIpc) is 3.23. The molecule has 0 aliphatic carbocycles. The third kappa shape index (κ3) is 4.30. The molecule has 6 nitrogen and oxygen atoms in total. The fourth-order valence-corrected chi connectivity index (χ4v) is 3.12. The Hall–Kier alpha value is -3.59. The number of ether oxygens (including phenoxy) is 1. The average molecular weight is 410 g/mol. The van der Waals surface area contributed by atoms with Crippen molar-refractivity contribution in [3.05, 3.63) is 83.0 Å². The van der Waals surface area contributed by atoms with E-state index in [0.29, 0.717) is 28.2 Å². The number of carbonyl (C=O) groups excluding carboxylic acids is 1. The van der Waals surface area contributed by atoms with Gasteiger partial charge in [0.15, 0.2) is 10.7 Å². The second-order valence-corrected chi connectivity index (χ2v) is 6.71. The Bertz CT molecular complexity index is 1150. The number of aromatic nitrogens is 4. The SMILES string of the molecule is O=C(OCc1cnc(-c2cccc(F)c2)nc1)c1snnc1-c1ccc(F)cc1. The van der Waals surface area contributed by atoms with Crippen LogP contribution in [0.3, 0.4) is 0 Å². The van der Waals surface area contributed by atoms with Crippen LogP contribution in [0.15, 0.2) is 60.9 Å². The van der Waals surface area contributed by atoms with Gasteiger partial charge >= 0.3 is 5.97 Å². The van der Waals surface area contributed by atoms with Crippen molar-refractivity contribution in [1.29, 1.82) is 0 Å². The van der Waals surface area contributed by atoms with E-state index < -0.39 is 5.97 Å². The van der Waals surface area contributed by atoms with Crippen LogP contribution < -0.4 is 0 Å². The summed E-state index contributed by atoms with van der Waals surface area (Å²) in [6.45, 7) is -0.0526. The first-order valence-corrected chi connectivity index (χ1v) is 9.20. The molecule has 0 amide bonds. The molecule has 4 rings (SSSR count). The van der Waals surface area contributed by atoms with Crippen molar-refractivity contribution >= 4 is 17.5 Å². The van der Waals surface area contributed by atoms with Crippen LogP contribution in [0.5, 0.6) is 0 Å². The molecule has 2 aromatic carbocycles. The summed E-state index contributed by atoms with van der Waals surface area (Å²) in [5, 5.41) is 3.93. The molecule has 0 aliphatic rings. The predicted molar refractivity (Wildman–Crippen MR) is 102 cm³/mol. The molecule has 144 valence electrons. The van der Waals surface area contributed by atoms with Gasteiger partial charge in [-0.15, -0.1) is 5.10 Å². The Morgan fingerprint density at radius 1 is 0.966 bits per heavy atom. The molecule has 4 aromatic rings. The summed E-state index contributed by atoms with van der Waals surface area (Å²) in [6, 6.07) is 11.5. The van der Waals surface area contributed by atoms with E-state index in [-0.39, 0.29) is 23.1 Å². The molecule has 0 N–H and O–H groups in total. The second kappa shape index (κ2) is 8.19. The largest absolute Gasteiger partial charge is 0.456 e. The van der Waals surface area contributed by atoms with Crippen LogP contribution in [-0.2, 0) is 11.3 Å². The van der Waals surface area contributed by atoms with Gasteiger partial charge in [0, 0.05) is 29.1 Å². The molecule has 2 heterocycles. The molecule has 0 radical (unpaired) electrons. The van der Waals surface area contributed by atoms with Gasteiger partial charge in [-0.2, -0.15) is 0 Å². The lowest BCUT2D eigenvalue weighted by molar-refractivity contribution is 0.0478. The maximum Gasteiger partial charge on any atom is 0.352 e. The Kier molecular flexibility index (Phi) is 5.30. The number of halogens is 2. The third-order valence-electron chi connectivity index (χ3n) is 3.95. The van der Waals surface area contributed by atoms with Crippen molar-refractivity contribution in [3.63, 3.8) is 0 Å². The molecular weight excluding hydrogens is 398 g/mol. The molecule has 0 bridgehead atoms. The van der Waals surface area contributed by atoms with Gasteiger partial charge in [0.1, 0.15) is 23.9 Å². The number of carbonyl (C=O) groups is 1. The van der Waals surface area contributed by atoms with Gasteiger partial charge < -0.3 is 4.74 Å². The fourth-order valence-electron chi connectivity index (χ4n) is 2.54. The zero-order chi connectivity index (χ0) is 20.2. The van der Waals surface area contributed by atoms with Gasteiger partial charge in [0.2, 0.25) is 0 Å². The van der Waals surface area contributed by atoms with E-state index in [1.165, 1.54) is 48.8 Å². The Balaban J connectivity index is 1.44. The van der Waals surface area contributed by atoms with Crippen LogP contribution in [0, 0.1) is 11.6 Å². The maximum atomic E-state index is 13.3. The van der Waals surface area contributed by atoms with Crippen molar-refractivity contribution in [2.75, 3.05) is 0 Å². The van der Waals surface area contributed by atoms with E-state index >= 15 is 0 Å². The molecule has 0 spiro atoms. The second-order valence-electron chi connectivity index (χ2n) is 5.96. The number of nitrogens with zero attached hydrogens (tertiary/aromatic N) is 4. The van der Waals surface area contributed by atoms with Gasteiger partial charge in [-0.25, -0.2) is 23.5 Å². The topological polar surface area (TPSA) is 77.9 Å². The highest BCUT2D eigenvalue weighted by molar-refractivity contribution is 7.08. The highest BCUT2D eigenvalue weighted by Crippen LogP contribution is 2.25. The van der Waals surface area contributed by atoms with Gasteiger partial charge in [-0.05, 0) is 47.9 Å². The van der Waals surface area contributed by atoms with Gasteiger partial charge in [0.05, 0.1) is 0 Å². The van der Waals surface area contributed by atoms with E-state index in [4.69, 9.17) is 4.74 Å². The van der Waals surface area contributed by atoms with Gasteiger partial charge in [0.25, 0.3) is 0 Å². The predicted octanol–water partition coefficient (Wildman–Crippen LogP) is 4.30. The highest BCUT2D eigenvalue weighted by atomic mass is 32.1. The first kappa shape index (κ1) is 18.8. The Morgan fingerprint density at radius 3 is 2.45 bits per heavy atom. The zero-order valence-electron chi connectivity index (χ0n) is 14.8. The molecule has 9 heteroatoms. The summed E-state index contributed by atoms with van der Waals surface area (Å²) in [5.74, 6) is -1.000. The van der Waals surface area contributed by atoms with E-state index in [0.717, 1.165) is 11.5 Å². The Morgan fingerprint density at radius 2 is 1.72 bits per heavy atom. The number of benzene rings is 2. The van der Waals surface area contributed by atoms with Crippen molar-refractivity contribution < 1.29 is 18.3 Å². The van der Waals surface area contributed by atoms with Crippen molar-refractivity contribution in [1.82, 2.24) is 19.6 Å². The van der Waals surface area contributed by atoms with E-state index in [9.17, 15) is 13.6 Å². The molecule has 0 fully saturated rings. The maximum absolute atomic E-state index is 13.3. The molecule has 0 unspecified atom stereocenters. The lowest BCUT2D eigenvalue weighted by Gasteiger charge is -2.05. The molecule has 2 aromatic heterocycles. The minimum Gasteiger partial charge on any atom is -0.456 e. The highest BCUT2D eigenvalue weighted by Gasteiger charge is 2.19. The fraction of sp³-hybridized carbons (Fsp3) is 0.0500. The molecule has 0 atom stereocenters. The normalized spacial score (nSPS) is 10.7. The molecule has 0 aliphatic heterocycles. The molecule has 0 saturated heterocycles. The van der Waals surface area contributed by atoms with Crippen LogP contribution in [0.1, 0.15) is 15.2 Å². The molecular formula is C20H12F2N4O2S. The number of rotatable bonds is 5. The summed E-state index contributed by atoms with van der Waals surface area (Å²) in [6.07, 6.45) is 3.01. The van der Waals surface area contributed by atoms with Crippen LogP contribution in [0.2, 0.25) is 0 Å². The van der Waals surface area contributed by atoms with E-state index in [1.807, 2.05) is 0 Å². The van der Waals surface area contributed by atoms with Gasteiger partial charge in [-0.1, -0.05) is 16.6 Å². The first-order valence-electron chi connectivity index (χ1n) is 8.42. The summed E-state index contributed by atoms with van der Waals surface area (Å²) in [7, 11) is 0. The van der Waals surface area contributed by atoms with Crippen LogP contribution in [0.4, 0.5) is 8.78 Å². The standard InChI is InChI=1S/C20H12F2N4O2S/c21-15-6-4-13(5-7-15)17-18(29-26-25-17)20(27)28-11-12-9-23-19(24-10-12)14-2-1-3-16(22)8-14/h1-10H,11H2. The number of hydrogen-bond donors (Lipinski definition) is 0. The van der Waals surface area contributed by atoms with Crippen molar-refractivity contribution in [2.24, 2.45) is 0 Å². The number of hydrogen-bond acceptors (Lipinski definition) is 7. The lowest BCUT2D eigenvalue weighted by Crippen LogP contribution is -2.05. The van der Waals surface area contributed by atoms with Crippen molar-refractivity contribution in [3.8, 4) is 22.6 Å². The summed E-state index contributed by atoms with van der Waals surface area (Å²) < 4.78 is 35.5. The summed E-state index contributed by atoms with van der Waals surface area (Å²) >= 11 is 0.897. The van der Waals surface area contributed by atoms with Gasteiger partial charge in [-0.3, -0.25) is 0 Å². The lowest BCUT2D eigenvalue weighted by atomic mass is 10.1. The van der Waals surface area contributed by atoms with E-state index in [2.05, 4.69) is 19.6 Å². The number of esters is 1. The summed E-state index contributed by atoms with van der Waals surface area (Å²) in [5.41, 5.74) is 2.01. The zero-order valence-corrected chi connectivity index (χ0v) is 15.6. The van der Waals surface area contributed by atoms with Crippen LogP contribution in [-0.4, -0.2) is 25.5 Å². The van der Waals surface area contributed by atoms with Crippen LogP contribution in [0.25, 0.3) is 22.6 Å². The van der Waals surface area contributed by atoms with Crippen molar-refractivity contribution in [2.45, 2.75) is 6.61 Å². The first-order chi connectivity index (χ1) is 14.1. The summed E-state index contributed by atoms with van der Waals surface area (Å²) in [4.78, 5) is 21.0.